The third kappa shape index (κ3) is 2.94. The van der Waals surface area contributed by atoms with Gasteiger partial charge in [-0.2, -0.15) is 0 Å². The number of aromatic nitrogens is 2. The van der Waals surface area contributed by atoms with Crippen molar-refractivity contribution in [3.05, 3.63) is 40.8 Å². The molecule has 1 aromatic carbocycles. The Morgan fingerprint density at radius 1 is 1.29 bits per heavy atom. The van der Waals surface area contributed by atoms with Crippen molar-refractivity contribution >= 4 is 21.6 Å². The van der Waals surface area contributed by atoms with E-state index in [0.717, 1.165) is 16.6 Å². The monoisotopic (exact) mass is 293 g/mol. The van der Waals surface area contributed by atoms with Gasteiger partial charge < -0.3 is 10.5 Å². The number of hydrogen-bond acceptors (Lipinski definition) is 4. The molecule has 0 aliphatic rings. The Hall–Kier alpha value is -1.62. The van der Waals surface area contributed by atoms with E-state index in [4.69, 9.17) is 10.5 Å². The largest absolute Gasteiger partial charge is 0.437 e. The summed E-state index contributed by atoms with van der Waals surface area (Å²) in [6.07, 6.45) is 2.33. The highest BCUT2D eigenvalue weighted by Crippen LogP contribution is 2.28. The lowest BCUT2D eigenvalue weighted by atomic mass is 10.3. The SMILES string of the molecule is CCc1cc(Oc2ccc(Br)cc2N)ncn1. The third-order valence-electron chi connectivity index (χ3n) is 2.25. The second-order valence-electron chi connectivity index (χ2n) is 3.49. The fraction of sp³-hybridized carbons (Fsp3) is 0.167. The molecule has 0 atom stereocenters. The number of nitrogens with two attached hydrogens (primary N) is 1. The fourth-order valence-electron chi connectivity index (χ4n) is 1.35. The van der Waals surface area contributed by atoms with Crippen molar-refractivity contribution in [1.29, 1.82) is 0 Å². The maximum absolute atomic E-state index is 5.84. The van der Waals surface area contributed by atoms with Crippen LogP contribution in [-0.2, 0) is 6.42 Å². The van der Waals surface area contributed by atoms with Gasteiger partial charge in [-0.25, -0.2) is 9.97 Å². The van der Waals surface area contributed by atoms with Gasteiger partial charge in [0.15, 0.2) is 5.75 Å². The molecule has 2 rings (SSSR count). The van der Waals surface area contributed by atoms with Gasteiger partial charge in [0.25, 0.3) is 0 Å². The highest BCUT2D eigenvalue weighted by molar-refractivity contribution is 9.10. The van der Waals surface area contributed by atoms with Crippen molar-refractivity contribution in [2.24, 2.45) is 0 Å². The Morgan fingerprint density at radius 3 is 2.82 bits per heavy atom. The van der Waals surface area contributed by atoms with Crippen molar-refractivity contribution in [3.63, 3.8) is 0 Å². The van der Waals surface area contributed by atoms with Crippen LogP contribution in [0.1, 0.15) is 12.6 Å². The molecular formula is C12H12BrN3O. The summed E-state index contributed by atoms with van der Waals surface area (Å²) in [4.78, 5) is 8.15. The molecule has 1 heterocycles. The number of nitrogens with zero attached hydrogens (tertiary/aromatic N) is 2. The van der Waals surface area contributed by atoms with E-state index in [1.165, 1.54) is 6.33 Å². The van der Waals surface area contributed by atoms with E-state index in [-0.39, 0.29) is 0 Å². The maximum Gasteiger partial charge on any atom is 0.222 e. The van der Waals surface area contributed by atoms with Gasteiger partial charge in [0, 0.05) is 16.2 Å². The second kappa shape index (κ2) is 5.14. The van der Waals surface area contributed by atoms with Gasteiger partial charge in [-0.05, 0) is 24.6 Å². The van der Waals surface area contributed by atoms with E-state index in [1.807, 2.05) is 19.1 Å². The average Bonchev–Trinajstić information content (AvgIpc) is 2.33. The van der Waals surface area contributed by atoms with E-state index in [1.54, 1.807) is 12.1 Å². The first-order valence-corrected chi connectivity index (χ1v) is 6.02. The van der Waals surface area contributed by atoms with Crippen molar-refractivity contribution in [3.8, 4) is 11.6 Å². The van der Waals surface area contributed by atoms with Crippen LogP contribution in [0.5, 0.6) is 11.6 Å². The van der Waals surface area contributed by atoms with Crippen LogP contribution in [-0.4, -0.2) is 9.97 Å². The van der Waals surface area contributed by atoms with Gasteiger partial charge in [0.2, 0.25) is 5.88 Å². The minimum Gasteiger partial charge on any atom is -0.437 e. The van der Waals surface area contributed by atoms with Crippen molar-refractivity contribution in [2.45, 2.75) is 13.3 Å². The van der Waals surface area contributed by atoms with Crippen LogP contribution in [0.2, 0.25) is 0 Å². The number of anilines is 1. The molecule has 17 heavy (non-hydrogen) atoms. The molecule has 88 valence electrons. The van der Waals surface area contributed by atoms with E-state index < -0.39 is 0 Å². The molecule has 0 bridgehead atoms. The quantitative estimate of drug-likeness (QED) is 0.883. The first-order valence-electron chi connectivity index (χ1n) is 5.23. The lowest BCUT2D eigenvalue weighted by molar-refractivity contribution is 0.462. The number of nitrogen functional groups attached to an aromatic ring is 1. The summed E-state index contributed by atoms with van der Waals surface area (Å²) >= 11 is 3.34. The summed E-state index contributed by atoms with van der Waals surface area (Å²) in [6, 6.07) is 7.26. The van der Waals surface area contributed by atoms with Gasteiger partial charge in [-0.15, -0.1) is 0 Å². The number of hydrogen-bond donors (Lipinski definition) is 1. The molecule has 1 aromatic heterocycles. The predicted octanol–water partition coefficient (Wildman–Crippen LogP) is 3.18. The summed E-state index contributed by atoms with van der Waals surface area (Å²) < 4.78 is 6.53. The number of benzene rings is 1. The van der Waals surface area contributed by atoms with E-state index >= 15 is 0 Å². The number of halogens is 1. The number of rotatable bonds is 3. The smallest absolute Gasteiger partial charge is 0.222 e. The molecule has 0 saturated heterocycles. The molecule has 0 aliphatic heterocycles. The fourth-order valence-corrected chi connectivity index (χ4v) is 1.73. The van der Waals surface area contributed by atoms with Crippen LogP contribution in [0, 0.1) is 0 Å². The molecule has 0 aliphatic carbocycles. The highest BCUT2D eigenvalue weighted by atomic mass is 79.9. The Labute approximate surface area is 108 Å². The lowest BCUT2D eigenvalue weighted by Crippen LogP contribution is -1.95. The van der Waals surface area contributed by atoms with Crippen LogP contribution >= 0.6 is 15.9 Å². The Morgan fingerprint density at radius 2 is 2.12 bits per heavy atom. The normalized spacial score (nSPS) is 10.2. The molecule has 0 amide bonds. The van der Waals surface area contributed by atoms with E-state index in [9.17, 15) is 0 Å². The highest BCUT2D eigenvalue weighted by Gasteiger charge is 2.04. The minimum atomic E-state index is 0.505. The maximum atomic E-state index is 5.84. The van der Waals surface area contributed by atoms with Crippen LogP contribution in [0.4, 0.5) is 5.69 Å². The topological polar surface area (TPSA) is 61.0 Å². The first-order chi connectivity index (χ1) is 8.19. The number of aryl methyl sites for hydroxylation is 1. The molecule has 0 saturated carbocycles. The number of ether oxygens (including phenoxy) is 1. The van der Waals surface area contributed by atoms with Gasteiger partial charge in [0.1, 0.15) is 6.33 Å². The Kier molecular flexibility index (Phi) is 3.58. The summed E-state index contributed by atoms with van der Waals surface area (Å²) in [5.74, 6) is 1.10. The first kappa shape index (κ1) is 11.9. The summed E-state index contributed by atoms with van der Waals surface area (Å²) in [5.41, 5.74) is 7.34. The zero-order valence-electron chi connectivity index (χ0n) is 9.35. The van der Waals surface area contributed by atoms with Crippen molar-refractivity contribution in [2.75, 3.05) is 5.73 Å². The second-order valence-corrected chi connectivity index (χ2v) is 4.40. The average molecular weight is 294 g/mol. The standard InChI is InChI=1S/C12H12BrN3O/c1-2-9-6-12(16-7-15-9)17-11-4-3-8(13)5-10(11)14/h3-7H,2,14H2,1H3. The van der Waals surface area contributed by atoms with Gasteiger partial charge in [-0.3, -0.25) is 0 Å². The molecule has 0 spiro atoms. The van der Waals surface area contributed by atoms with Crippen molar-refractivity contribution < 1.29 is 4.74 Å². The Bertz CT molecular complexity index is 531. The molecule has 2 N–H and O–H groups in total. The summed E-state index contributed by atoms with van der Waals surface area (Å²) in [6.45, 7) is 2.03. The lowest BCUT2D eigenvalue weighted by Gasteiger charge is -2.08. The van der Waals surface area contributed by atoms with Crippen LogP contribution in [0.25, 0.3) is 0 Å². The van der Waals surface area contributed by atoms with Crippen LogP contribution in [0.15, 0.2) is 35.1 Å². The molecular weight excluding hydrogens is 282 g/mol. The predicted molar refractivity (Wildman–Crippen MR) is 70.0 cm³/mol. The molecule has 0 radical (unpaired) electrons. The van der Waals surface area contributed by atoms with Crippen LogP contribution < -0.4 is 10.5 Å². The molecule has 0 unspecified atom stereocenters. The summed E-state index contributed by atoms with van der Waals surface area (Å²) in [5, 5.41) is 0. The van der Waals surface area contributed by atoms with Gasteiger partial charge in [0.05, 0.1) is 5.69 Å². The minimum absolute atomic E-state index is 0.505. The van der Waals surface area contributed by atoms with Gasteiger partial charge in [-0.1, -0.05) is 22.9 Å². The Balaban J connectivity index is 2.25. The van der Waals surface area contributed by atoms with Gasteiger partial charge >= 0.3 is 0 Å². The zero-order chi connectivity index (χ0) is 12.3. The molecule has 0 fully saturated rings. The van der Waals surface area contributed by atoms with E-state index in [2.05, 4.69) is 25.9 Å². The van der Waals surface area contributed by atoms with Crippen LogP contribution in [0.3, 0.4) is 0 Å². The third-order valence-corrected chi connectivity index (χ3v) is 2.74. The zero-order valence-corrected chi connectivity index (χ0v) is 10.9. The van der Waals surface area contributed by atoms with Crippen molar-refractivity contribution in [1.82, 2.24) is 9.97 Å². The molecule has 2 aromatic rings. The summed E-state index contributed by atoms with van der Waals surface area (Å²) in [7, 11) is 0. The van der Waals surface area contributed by atoms with E-state index in [0.29, 0.717) is 17.3 Å². The molecule has 5 heteroatoms. The molecule has 4 nitrogen and oxygen atoms in total.